The van der Waals surface area contributed by atoms with Gasteiger partial charge in [0.2, 0.25) is 0 Å². The van der Waals surface area contributed by atoms with Crippen molar-refractivity contribution in [3.05, 3.63) is 23.8 Å². The van der Waals surface area contributed by atoms with Crippen molar-refractivity contribution >= 4 is 5.97 Å². The molecule has 22 heavy (non-hydrogen) atoms. The number of ether oxygens (including phenoxy) is 2. The van der Waals surface area contributed by atoms with Crippen molar-refractivity contribution in [2.45, 2.75) is 59.0 Å². The highest BCUT2D eigenvalue weighted by atomic mass is 16.5. The number of unbranched alkanes of at least 4 members (excludes halogenated alkanes) is 3. The lowest BCUT2D eigenvalue weighted by Crippen LogP contribution is -2.04. The van der Waals surface area contributed by atoms with Crippen molar-refractivity contribution in [2.75, 3.05) is 7.11 Å². The number of carbonyl (C=O) groups is 1. The van der Waals surface area contributed by atoms with Crippen LogP contribution >= 0.6 is 0 Å². The van der Waals surface area contributed by atoms with Crippen LogP contribution in [0.1, 0.15) is 57.9 Å². The first-order valence-corrected chi connectivity index (χ1v) is 8.04. The van der Waals surface area contributed by atoms with Crippen LogP contribution in [0.25, 0.3) is 0 Å². The molecule has 1 N–H and O–H groups in total. The highest BCUT2D eigenvalue weighted by Crippen LogP contribution is 2.26. The second kappa shape index (κ2) is 10.1. The third-order valence-electron chi connectivity index (χ3n) is 3.56. The van der Waals surface area contributed by atoms with Gasteiger partial charge in [-0.3, -0.25) is 4.79 Å². The Balaban J connectivity index is 2.18. The van der Waals surface area contributed by atoms with Crippen molar-refractivity contribution in [1.82, 2.24) is 0 Å². The van der Waals surface area contributed by atoms with Gasteiger partial charge in [0.1, 0.15) is 6.61 Å². The second-order valence-corrected chi connectivity index (χ2v) is 6.01. The quantitative estimate of drug-likeness (QED) is 0.513. The average Bonchev–Trinajstić information content (AvgIpc) is 2.49. The van der Waals surface area contributed by atoms with Gasteiger partial charge in [0, 0.05) is 6.42 Å². The molecule has 0 fully saturated rings. The van der Waals surface area contributed by atoms with Crippen molar-refractivity contribution in [3.63, 3.8) is 0 Å². The van der Waals surface area contributed by atoms with E-state index in [9.17, 15) is 9.90 Å². The van der Waals surface area contributed by atoms with Gasteiger partial charge in [-0.15, -0.1) is 0 Å². The van der Waals surface area contributed by atoms with Crippen molar-refractivity contribution in [3.8, 4) is 11.5 Å². The Morgan fingerprint density at radius 3 is 2.59 bits per heavy atom. The summed E-state index contributed by atoms with van der Waals surface area (Å²) in [5, 5.41) is 9.50. The zero-order valence-corrected chi connectivity index (χ0v) is 13.9. The van der Waals surface area contributed by atoms with Gasteiger partial charge in [-0.05, 0) is 30.0 Å². The Hall–Kier alpha value is -1.71. The molecule has 0 aliphatic carbocycles. The molecule has 0 unspecified atom stereocenters. The van der Waals surface area contributed by atoms with Gasteiger partial charge in [0.15, 0.2) is 11.5 Å². The summed E-state index contributed by atoms with van der Waals surface area (Å²) in [5.41, 5.74) is 0.805. The predicted molar refractivity (Wildman–Crippen MR) is 87.0 cm³/mol. The molecule has 1 rings (SSSR count). The minimum absolute atomic E-state index is 0.0824. The third-order valence-corrected chi connectivity index (χ3v) is 3.56. The molecule has 0 saturated heterocycles. The van der Waals surface area contributed by atoms with E-state index in [-0.39, 0.29) is 18.3 Å². The molecular weight excluding hydrogens is 280 g/mol. The maximum absolute atomic E-state index is 11.7. The zero-order chi connectivity index (χ0) is 16.4. The molecule has 0 radical (unpaired) electrons. The molecule has 4 heteroatoms. The lowest BCUT2D eigenvalue weighted by Gasteiger charge is -2.08. The normalized spacial score (nSPS) is 10.7. The number of hydrogen-bond donors (Lipinski definition) is 1. The highest BCUT2D eigenvalue weighted by Gasteiger charge is 2.06. The van der Waals surface area contributed by atoms with Gasteiger partial charge < -0.3 is 14.6 Å². The average molecular weight is 308 g/mol. The molecule has 0 aliphatic rings. The number of phenols is 1. The molecule has 0 amide bonds. The zero-order valence-electron chi connectivity index (χ0n) is 13.9. The van der Waals surface area contributed by atoms with Crippen LogP contribution in [0.4, 0.5) is 0 Å². The van der Waals surface area contributed by atoms with Crippen molar-refractivity contribution in [2.24, 2.45) is 5.92 Å². The smallest absolute Gasteiger partial charge is 0.306 e. The first kappa shape index (κ1) is 18.3. The van der Waals surface area contributed by atoms with Crippen LogP contribution in [-0.4, -0.2) is 18.2 Å². The van der Waals surface area contributed by atoms with Gasteiger partial charge in [-0.1, -0.05) is 45.6 Å². The molecule has 0 atom stereocenters. The SMILES string of the molecule is COc1cc(COC(=O)CCCCCCC(C)C)ccc1O. The minimum Gasteiger partial charge on any atom is -0.504 e. The van der Waals surface area contributed by atoms with Crippen LogP contribution in [-0.2, 0) is 16.1 Å². The minimum atomic E-state index is -0.170. The van der Waals surface area contributed by atoms with Crippen LogP contribution < -0.4 is 4.74 Å². The standard InChI is InChI=1S/C18H28O4/c1-14(2)8-6-4-5-7-9-18(20)22-13-15-10-11-16(19)17(12-15)21-3/h10-12,14,19H,4-9,13H2,1-3H3. The Labute approximate surface area is 133 Å². The monoisotopic (exact) mass is 308 g/mol. The van der Waals surface area contributed by atoms with Crippen LogP contribution in [0, 0.1) is 5.92 Å². The Kier molecular flexibility index (Phi) is 8.41. The van der Waals surface area contributed by atoms with E-state index in [1.807, 2.05) is 0 Å². The number of phenolic OH excluding ortho intramolecular Hbond substituents is 1. The van der Waals surface area contributed by atoms with E-state index in [2.05, 4.69) is 13.8 Å². The summed E-state index contributed by atoms with van der Waals surface area (Å²) < 4.78 is 10.3. The topological polar surface area (TPSA) is 55.8 Å². The van der Waals surface area contributed by atoms with E-state index < -0.39 is 0 Å². The first-order chi connectivity index (χ1) is 10.5. The highest BCUT2D eigenvalue weighted by molar-refractivity contribution is 5.69. The maximum Gasteiger partial charge on any atom is 0.306 e. The molecule has 0 aliphatic heterocycles. The fraction of sp³-hybridized carbons (Fsp3) is 0.611. The van der Waals surface area contributed by atoms with Gasteiger partial charge >= 0.3 is 5.97 Å². The van der Waals surface area contributed by atoms with Crippen molar-refractivity contribution in [1.29, 1.82) is 0 Å². The van der Waals surface area contributed by atoms with E-state index in [0.717, 1.165) is 24.3 Å². The molecule has 4 nitrogen and oxygen atoms in total. The van der Waals surface area contributed by atoms with E-state index in [4.69, 9.17) is 9.47 Å². The number of benzene rings is 1. The summed E-state index contributed by atoms with van der Waals surface area (Å²) in [6.07, 6.45) is 6.11. The first-order valence-electron chi connectivity index (χ1n) is 8.04. The summed E-state index contributed by atoms with van der Waals surface area (Å²) in [4.78, 5) is 11.7. The van der Waals surface area contributed by atoms with E-state index in [0.29, 0.717) is 12.2 Å². The number of carbonyl (C=O) groups excluding carboxylic acids is 1. The molecule has 1 aromatic rings. The summed E-state index contributed by atoms with van der Waals surface area (Å²) in [5.74, 6) is 1.06. The van der Waals surface area contributed by atoms with Crippen LogP contribution in [0.5, 0.6) is 11.5 Å². The third kappa shape index (κ3) is 7.34. The Morgan fingerprint density at radius 2 is 1.91 bits per heavy atom. The van der Waals surface area contributed by atoms with Gasteiger partial charge in [0.25, 0.3) is 0 Å². The number of methoxy groups -OCH3 is 1. The summed E-state index contributed by atoms with van der Waals surface area (Å²) in [6, 6.07) is 4.93. The molecule has 1 aromatic carbocycles. The fourth-order valence-electron chi connectivity index (χ4n) is 2.22. The molecule has 124 valence electrons. The van der Waals surface area contributed by atoms with Gasteiger partial charge in [0.05, 0.1) is 7.11 Å². The summed E-state index contributed by atoms with van der Waals surface area (Å²) in [7, 11) is 1.49. The largest absolute Gasteiger partial charge is 0.504 e. The van der Waals surface area contributed by atoms with Gasteiger partial charge in [-0.25, -0.2) is 0 Å². The predicted octanol–water partition coefficient (Wildman–Crippen LogP) is 4.44. The molecule has 0 bridgehead atoms. The Bertz CT molecular complexity index is 454. The van der Waals surface area contributed by atoms with Crippen LogP contribution in [0.3, 0.4) is 0 Å². The van der Waals surface area contributed by atoms with Gasteiger partial charge in [-0.2, -0.15) is 0 Å². The number of hydrogen-bond acceptors (Lipinski definition) is 4. The molecule has 0 heterocycles. The van der Waals surface area contributed by atoms with Crippen LogP contribution in [0.2, 0.25) is 0 Å². The van der Waals surface area contributed by atoms with E-state index in [1.54, 1.807) is 12.1 Å². The second-order valence-electron chi connectivity index (χ2n) is 6.01. The molecule has 0 spiro atoms. The lowest BCUT2D eigenvalue weighted by atomic mass is 10.0. The van der Waals surface area contributed by atoms with Crippen molar-refractivity contribution < 1.29 is 19.4 Å². The maximum atomic E-state index is 11.7. The summed E-state index contributed by atoms with van der Waals surface area (Å²) >= 11 is 0. The summed E-state index contributed by atoms with van der Waals surface area (Å²) in [6.45, 7) is 4.67. The van der Waals surface area contributed by atoms with E-state index in [1.165, 1.54) is 32.4 Å². The number of aromatic hydroxyl groups is 1. The molecular formula is C18H28O4. The fourth-order valence-corrected chi connectivity index (χ4v) is 2.22. The molecule has 0 aromatic heterocycles. The Morgan fingerprint density at radius 1 is 1.18 bits per heavy atom. The van der Waals surface area contributed by atoms with E-state index >= 15 is 0 Å². The van der Waals surface area contributed by atoms with Crippen LogP contribution in [0.15, 0.2) is 18.2 Å². The lowest BCUT2D eigenvalue weighted by molar-refractivity contribution is -0.145. The number of rotatable bonds is 10. The number of esters is 1. The molecule has 0 saturated carbocycles.